The van der Waals surface area contributed by atoms with Gasteiger partial charge < -0.3 is 0 Å². The largest absolute Gasteiger partial charge is 0.274 e. The summed E-state index contributed by atoms with van der Waals surface area (Å²) in [6.07, 6.45) is 1.76. The van der Waals surface area contributed by atoms with Crippen LogP contribution in [0.2, 0.25) is 0 Å². The van der Waals surface area contributed by atoms with E-state index < -0.39 is 0 Å². The lowest BCUT2D eigenvalue weighted by Gasteiger charge is -2.15. The number of hydrogen-bond acceptors (Lipinski definition) is 2. The molecule has 0 spiro atoms. The van der Waals surface area contributed by atoms with Gasteiger partial charge in [0.15, 0.2) is 0 Å². The molecule has 0 radical (unpaired) electrons. The molecule has 0 atom stereocenters. The van der Waals surface area contributed by atoms with Crippen molar-refractivity contribution in [3.8, 4) is 5.69 Å². The molecule has 2 heterocycles. The fraction of sp³-hybridized carbons (Fsp3) is 0.100. The first-order chi connectivity index (χ1) is 11.2. The highest BCUT2D eigenvalue weighted by Crippen LogP contribution is 2.25. The molecular formula is C20H16N2O. The second kappa shape index (κ2) is 5.06. The van der Waals surface area contributed by atoms with Gasteiger partial charge in [0, 0.05) is 22.5 Å². The SMILES string of the molecule is Cc1c(C)c2ccccc2n(-c2cccc3cccnc23)c1=O. The fourth-order valence-electron chi connectivity index (χ4n) is 3.13. The number of fused-ring (bicyclic) bond motifs is 2. The van der Waals surface area contributed by atoms with Crippen molar-refractivity contribution in [3.63, 3.8) is 0 Å². The highest BCUT2D eigenvalue weighted by molar-refractivity contribution is 5.91. The Bertz CT molecular complexity index is 1100. The van der Waals surface area contributed by atoms with Gasteiger partial charge in [0.25, 0.3) is 5.56 Å². The van der Waals surface area contributed by atoms with E-state index in [1.54, 1.807) is 10.8 Å². The summed E-state index contributed by atoms with van der Waals surface area (Å²) in [5.74, 6) is 0. The summed E-state index contributed by atoms with van der Waals surface area (Å²) in [6, 6.07) is 17.9. The van der Waals surface area contributed by atoms with Crippen LogP contribution >= 0.6 is 0 Å². The van der Waals surface area contributed by atoms with Crippen LogP contribution in [-0.2, 0) is 0 Å². The first kappa shape index (κ1) is 13.7. The number of pyridine rings is 2. The molecule has 112 valence electrons. The molecule has 0 unspecified atom stereocenters. The zero-order chi connectivity index (χ0) is 16.0. The molecule has 3 heteroatoms. The summed E-state index contributed by atoms with van der Waals surface area (Å²) in [6.45, 7) is 3.89. The molecule has 0 aliphatic carbocycles. The van der Waals surface area contributed by atoms with Gasteiger partial charge in [-0.25, -0.2) is 0 Å². The van der Waals surface area contributed by atoms with Crippen LogP contribution in [0.1, 0.15) is 11.1 Å². The molecule has 4 aromatic rings. The maximum Gasteiger partial charge on any atom is 0.258 e. The Morgan fingerprint density at radius 1 is 0.870 bits per heavy atom. The van der Waals surface area contributed by atoms with Crippen molar-refractivity contribution in [2.24, 2.45) is 0 Å². The summed E-state index contributed by atoms with van der Waals surface area (Å²) in [7, 11) is 0. The van der Waals surface area contributed by atoms with Crippen LogP contribution < -0.4 is 5.56 Å². The number of benzene rings is 2. The van der Waals surface area contributed by atoms with Crippen LogP contribution in [0.4, 0.5) is 0 Å². The van der Waals surface area contributed by atoms with Crippen molar-refractivity contribution in [3.05, 3.63) is 82.3 Å². The van der Waals surface area contributed by atoms with Crippen molar-refractivity contribution in [1.82, 2.24) is 9.55 Å². The maximum atomic E-state index is 13.0. The third-order valence-electron chi connectivity index (χ3n) is 4.49. The zero-order valence-corrected chi connectivity index (χ0v) is 13.1. The zero-order valence-electron chi connectivity index (χ0n) is 13.1. The minimum Gasteiger partial charge on any atom is -0.274 e. The number of rotatable bonds is 1. The summed E-state index contributed by atoms with van der Waals surface area (Å²) in [4.78, 5) is 17.5. The van der Waals surface area contributed by atoms with E-state index in [0.29, 0.717) is 0 Å². The van der Waals surface area contributed by atoms with E-state index in [9.17, 15) is 4.79 Å². The van der Waals surface area contributed by atoms with Gasteiger partial charge in [0.2, 0.25) is 0 Å². The van der Waals surface area contributed by atoms with E-state index in [4.69, 9.17) is 0 Å². The van der Waals surface area contributed by atoms with Crippen molar-refractivity contribution >= 4 is 21.8 Å². The predicted octanol–water partition coefficient (Wildman–Crippen LogP) is 4.16. The Labute approximate surface area is 133 Å². The smallest absolute Gasteiger partial charge is 0.258 e. The van der Waals surface area contributed by atoms with Crippen LogP contribution in [0.3, 0.4) is 0 Å². The second-order valence-electron chi connectivity index (χ2n) is 5.76. The number of para-hydroxylation sites is 2. The molecule has 23 heavy (non-hydrogen) atoms. The summed E-state index contributed by atoms with van der Waals surface area (Å²) in [5, 5.41) is 2.12. The molecule has 0 aliphatic rings. The van der Waals surface area contributed by atoms with Gasteiger partial charge >= 0.3 is 0 Å². The number of hydrogen-bond donors (Lipinski definition) is 0. The quantitative estimate of drug-likeness (QED) is 0.529. The Morgan fingerprint density at radius 3 is 2.52 bits per heavy atom. The van der Waals surface area contributed by atoms with E-state index >= 15 is 0 Å². The minimum atomic E-state index is 0.0133. The van der Waals surface area contributed by atoms with Gasteiger partial charge in [0.05, 0.1) is 16.7 Å². The topological polar surface area (TPSA) is 34.9 Å². The fourth-order valence-corrected chi connectivity index (χ4v) is 3.13. The lowest BCUT2D eigenvalue weighted by atomic mass is 10.0. The van der Waals surface area contributed by atoms with E-state index in [-0.39, 0.29) is 5.56 Å². The van der Waals surface area contributed by atoms with Crippen LogP contribution in [0.15, 0.2) is 65.6 Å². The Morgan fingerprint density at radius 2 is 1.65 bits per heavy atom. The molecule has 2 aromatic heterocycles. The van der Waals surface area contributed by atoms with Crippen molar-refractivity contribution in [2.75, 3.05) is 0 Å². The molecule has 4 rings (SSSR count). The third-order valence-corrected chi connectivity index (χ3v) is 4.49. The Kier molecular flexibility index (Phi) is 3.01. The van der Waals surface area contributed by atoms with Gasteiger partial charge in [-0.2, -0.15) is 0 Å². The Balaban J connectivity index is 2.24. The lowest BCUT2D eigenvalue weighted by Crippen LogP contribution is -2.22. The van der Waals surface area contributed by atoms with E-state index in [2.05, 4.69) is 11.1 Å². The lowest BCUT2D eigenvalue weighted by molar-refractivity contribution is 1.01. The molecule has 3 nitrogen and oxygen atoms in total. The third kappa shape index (κ3) is 1.97. The summed E-state index contributed by atoms with van der Waals surface area (Å²) in [5.41, 5.74) is 4.41. The number of aromatic nitrogens is 2. The summed E-state index contributed by atoms with van der Waals surface area (Å²) >= 11 is 0. The van der Waals surface area contributed by atoms with Gasteiger partial charge in [-0.1, -0.05) is 36.4 Å². The molecule has 0 bridgehead atoms. The van der Waals surface area contributed by atoms with Crippen molar-refractivity contribution in [1.29, 1.82) is 0 Å². The molecule has 0 amide bonds. The van der Waals surface area contributed by atoms with Gasteiger partial charge in [0.1, 0.15) is 0 Å². The van der Waals surface area contributed by atoms with E-state index in [1.807, 2.05) is 62.4 Å². The van der Waals surface area contributed by atoms with Gasteiger partial charge in [-0.05, 0) is 37.6 Å². The van der Waals surface area contributed by atoms with E-state index in [1.165, 1.54) is 0 Å². The molecule has 0 saturated carbocycles. The molecule has 0 N–H and O–H groups in total. The molecular weight excluding hydrogens is 284 g/mol. The highest BCUT2D eigenvalue weighted by atomic mass is 16.1. The van der Waals surface area contributed by atoms with Crippen LogP contribution in [-0.4, -0.2) is 9.55 Å². The number of nitrogens with zero attached hydrogens (tertiary/aromatic N) is 2. The summed E-state index contributed by atoms with van der Waals surface area (Å²) < 4.78 is 1.78. The predicted molar refractivity (Wildman–Crippen MR) is 94.3 cm³/mol. The molecule has 0 saturated heterocycles. The van der Waals surface area contributed by atoms with Crippen LogP contribution in [0.5, 0.6) is 0 Å². The molecule has 2 aromatic carbocycles. The van der Waals surface area contributed by atoms with E-state index in [0.717, 1.165) is 38.6 Å². The minimum absolute atomic E-state index is 0.0133. The monoisotopic (exact) mass is 300 g/mol. The van der Waals surface area contributed by atoms with Gasteiger partial charge in [-0.15, -0.1) is 0 Å². The average Bonchev–Trinajstić information content (AvgIpc) is 2.60. The first-order valence-electron chi connectivity index (χ1n) is 7.63. The van der Waals surface area contributed by atoms with Crippen molar-refractivity contribution in [2.45, 2.75) is 13.8 Å². The highest BCUT2D eigenvalue weighted by Gasteiger charge is 2.14. The van der Waals surface area contributed by atoms with Crippen LogP contribution in [0, 0.1) is 13.8 Å². The first-order valence-corrected chi connectivity index (χ1v) is 7.63. The molecule has 0 aliphatic heterocycles. The maximum absolute atomic E-state index is 13.0. The standard InChI is InChI=1S/C20H16N2O/c1-13-14(2)20(23)22(17-10-4-3-9-16(13)17)18-11-5-7-15-8-6-12-21-19(15)18/h3-12H,1-2H3. The number of aryl methyl sites for hydroxylation is 1. The van der Waals surface area contributed by atoms with Gasteiger partial charge in [-0.3, -0.25) is 14.3 Å². The average molecular weight is 300 g/mol. The van der Waals surface area contributed by atoms with Crippen LogP contribution in [0.25, 0.3) is 27.5 Å². The normalized spacial score (nSPS) is 11.2. The second-order valence-corrected chi connectivity index (χ2v) is 5.76. The molecule has 0 fully saturated rings. The van der Waals surface area contributed by atoms with Crippen molar-refractivity contribution < 1.29 is 0 Å². The Hall–Kier alpha value is -2.94.